The number of halogens is 5. The van der Waals surface area contributed by atoms with Gasteiger partial charge in [0.1, 0.15) is 11.5 Å². The van der Waals surface area contributed by atoms with Gasteiger partial charge in [0.25, 0.3) is 0 Å². The fourth-order valence-electron chi connectivity index (χ4n) is 1.36. The fraction of sp³-hybridized carbons (Fsp3) is 0.167. The molecule has 0 aliphatic rings. The average molecular weight is 367 g/mol. The number of nitrogens with zero attached hydrogens (tertiary/aromatic N) is 2. The molecule has 0 radical (unpaired) electrons. The summed E-state index contributed by atoms with van der Waals surface area (Å²) in [5.74, 6) is -0.278. The third-order valence-electron chi connectivity index (χ3n) is 2.29. The highest BCUT2D eigenvalue weighted by molar-refractivity contribution is 9.10. The first kappa shape index (κ1) is 15.2. The molecule has 0 saturated heterocycles. The summed E-state index contributed by atoms with van der Waals surface area (Å²) >= 11 is 4.15. The van der Waals surface area contributed by atoms with E-state index in [0.29, 0.717) is 10.0 Å². The Balaban J connectivity index is 2.13. The van der Waals surface area contributed by atoms with Crippen molar-refractivity contribution in [1.29, 1.82) is 0 Å². The number of hydrogen-bond donors (Lipinski definition) is 0. The van der Waals surface area contributed by atoms with Gasteiger partial charge in [-0.1, -0.05) is 27.7 Å². The molecule has 8 heteroatoms. The molecule has 0 spiro atoms. The molecular weight excluding hydrogens is 360 g/mol. The van der Waals surface area contributed by atoms with Crippen LogP contribution in [0.3, 0.4) is 0 Å². The standard InChI is InChI=1S/C12H7BrF4N2S/c13-8-1-2-9(14)7(5-8)6-20-11-18-4-3-10(19-11)12(15,16)17/h1-5H,6H2. The minimum Gasteiger partial charge on any atom is -0.231 e. The van der Waals surface area contributed by atoms with Gasteiger partial charge < -0.3 is 0 Å². The Bertz CT molecular complexity index is 619. The lowest BCUT2D eigenvalue weighted by Gasteiger charge is -2.07. The highest BCUT2D eigenvalue weighted by atomic mass is 79.9. The molecule has 0 atom stereocenters. The van der Waals surface area contributed by atoms with Gasteiger partial charge in [0.2, 0.25) is 0 Å². The summed E-state index contributed by atoms with van der Waals surface area (Å²) in [7, 11) is 0. The molecule has 0 bridgehead atoms. The lowest BCUT2D eigenvalue weighted by Crippen LogP contribution is -2.08. The van der Waals surface area contributed by atoms with Gasteiger partial charge in [-0.25, -0.2) is 14.4 Å². The van der Waals surface area contributed by atoms with E-state index in [2.05, 4.69) is 25.9 Å². The fourth-order valence-corrected chi connectivity index (χ4v) is 2.58. The molecule has 2 nitrogen and oxygen atoms in total. The molecule has 0 aliphatic heterocycles. The van der Waals surface area contributed by atoms with Crippen molar-refractivity contribution in [3.05, 3.63) is 52.0 Å². The van der Waals surface area contributed by atoms with E-state index in [9.17, 15) is 17.6 Å². The van der Waals surface area contributed by atoms with Crippen LogP contribution in [0.4, 0.5) is 17.6 Å². The first-order valence-electron chi connectivity index (χ1n) is 5.33. The Morgan fingerprint density at radius 3 is 2.65 bits per heavy atom. The first-order valence-corrected chi connectivity index (χ1v) is 7.11. The first-order chi connectivity index (χ1) is 9.36. The Kier molecular flexibility index (Phi) is 4.64. The summed E-state index contributed by atoms with van der Waals surface area (Å²) in [5, 5.41) is -0.0424. The number of hydrogen-bond acceptors (Lipinski definition) is 3. The molecular formula is C12H7BrF4N2S. The molecule has 0 amide bonds. The second-order valence-electron chi connectivity index (χ2n) is 3.75. The normalized spacial score (nSPS) is 11.7. The predicted molar refractivity (Wildman–Crippen MR) is 70.7 cm³/mol. The minimum absolute atomic E-state index is 0.0424. The van der Waals surface area contributed by atoms with E-state index in [4.69, 9.17) is 0 Å². The Hall–Kier alpha value is -1.15. The zero-order valence-corrected chi connectivity index (χ0v) is 12.2. The van der Waals surface area contributed by atoms with E-state index < -0.39 is 17.7 Å². The molecule has 1 aromatic carbocycles. The summed E-state index contributed by atoms with van der Waals surface area (Å²) in [4.78, 5) is 7.14. The highest BCUT2D eigenvalue weighted by Crippen LogP contribution is 2.29. The lowest BCUT2D eigenvalue weighted by molar-refractivity contribution is -0.141. The molecule has 0 N–H and O–H groups in total. The van der Waals surface area contributed by atoms with Crippen LogP contribution in [0.25, 0.3) is 0 Å². The topological polar surface area (TPSA) is 25.8 Å². The SMILES string of the molecule is Fc1ccc(Br)cc1CSc1nccc(C(F)(F)F)n1. The number of benzene rings is 1. The molecule has 20 heavy (non-hydrogen) atoms. The zero-order valence-electron chi connectivity index (χ0n) is 9.79. The molecule has 2 rings (SSSR count). The molecule has 0 unspecified atom stereocenters. The summed E-state index contributed by atoms with van der Waals surface area (Å²) in [6, 6.07) is 5.19. The largest absolute Gasteiger partial charge is 0.433 e. The Morgan fingerprint density at radius 1 is 1.20 bits per heavy atom. The van der Waals surface area contributed by atoms with Crippen molar-refractivity contribution in [3.8, 4) is 0 Å². The average Bonchev–Trinajstić information content (AvgIpc) is 2.39. The van der Waals surface area contributed by atoms with E-state index in [0.717, 1.165) is 24.0 Å². The van der Waals surface area contributed by atoms with Crippen LogP contribution < -0.4 is 0 Å². The van der Waals surface area contributed by atoms with Crippen LogP contribution in [-0.4, -0.2) is 9.97 Å². The maximum absolute atomic E-state index is 13.5. The van der Waals surface area contributed by atoms with E-state index in [1.54, 1.807) is 12.1 Å². The van der Waals surface area contributed by atoms with Crippen LogP contribution in [0, 0.1) is 5.82 Å². The number of aromatic nitrogens is 2. The van der Waals surface area contributed by atoms with Crippen LogP contribution in [0.5, 0.6) is 0 Å². The van der Waals surface area contributed by atoms with Crippen molar-refractivity contribution in [1.82, 2.24) is 9.97 Å². The van der Waals surface area contributed by atoms with E-state index in [-0.39, 0.29) is 10.9 Å². The number of thioether (sulfide) groups is 1. The molecule has 0 fully saturated rings. The summed E-state index contributed by atoms with van der Waals surface area (Å²) in [5.41, 5.74) is -0.643. The summed E-state index contributed by atoms with van der Waals surface area (Å²) in [6.45, 7) is 0. The molecule has 2 aromatic rings. The molecule has 0 aliphatic carbocycles. The number of rotatable bonds is 3. The van der Waals surface area contributed by atoms with Gasteiger partial charge in [-0.3, -0.25) is 0 Å². The molecule has 1 heterocycles. The van der Waals surface area contributed by atoms with Crippen molar-refractivity contribution < 1.29 is 17.6 Å². The van der Waals surface area contributed by atoms with Crippen LogP contribution in [-0.2, 0) is 11.9 Å². The van der Waals surface area contributed by atoms with Crippen molar-refractivity contribution in [3.63, 3.8) is 0 Å². The van der Waals surface area contributed by atoms with Gasteiger partial charge in [-0.05, 0) is 29.8 Å². The Labute approximate surface area is 124 Å². The minimum atomic E-state index is -4.51. The van der Waals surface area contributed by atoms with E-state index in [1.807, 2.05) is 0 Å². The van der Waals surface area contributed by atoms with Crippen LogP contribution >= 0.6 is 27.7 Å². The monoisotopic (exact) mass is 366 g/mol. The smallest absolute Gasteiger partial charge is 0.231 e. The zero-order chi connectivity index (χ0) is 14.8. The van der Waals surface area contributed by atoms with Gasteiger partial charge in [-0.2, -0.15) is 13.2 Å². The van der Waals surface area contributed by atoms with Gasteiger partial charge in [0, 0.05) is 16.4 Å². The molecule has 1 aromatic heterocycles. The van der Waals surface area contributed by atoms with Crippen molar-refractivity contribution in [2.24, 2.45) is 0 Å². The third kappa shape index (κ3) is 3.92. The van der Waals surface area contributed by atoms with Crippen LogP contribution in [0.15, 0.2) is 40.1 Å². The van der Waals surface area contributed by atoms with Crippen molar-refractivity contribution in [2.45, 2.75) is 17.1 Å². The summed E-state index contributed by atoms with van der Waals surface area (Å²) < 4.78 is 51.6. The third-order valence-corrected chi connectivity index (χ3v) is 3.69. The molecule has 106 valence electrons. The second-order valence-corrected chi connectivity index (χ2v) is 5.60. The second kappa shape index (κ2) is 6.09. The van der Waals surface area contributed by atoms with Gasteiger partial charge in [0.15, 0.2) is 5.16 Å². The van der Waals surface area contributed by atoms with Crippen molar-refractivity contribution in [2.75, 3.05) is 0 Å². The van der Waals surface area contributed by atoms with Crippen LogP contribution in [0.2, 0.25) is 0 Å². The van der Waals surface area contributed by atoms with Crippen LogP contribution in [0.1, 0.15) is 11.3 Å². The maximum Gasteiger partial charge on any atom is 0.433 e. The van der Waals surface area contributed by atoms with Gasteiger partial charge >= 0.3 is 6.18 Å². The number of alkyl halides is 3. The van der Waals surface area contributed by atoms with Gasteiger partial charge in [-0.15, -0.1) is 0 Å². The lowest BCUT2D eigenvalue weighted by atomic mass is 10.2. The van der Waals surface area contributed by atoms with E-state index in [1.165, 1.54) is 6.07 Å². The maximum atomic E-state index is 13.5. The molecule has 0 saturated carbocycles. The van der Waals surface area contributed by atoms with E-state index >= 15 is 0 Å². The highest BCUT2D eigenvalue weighted by Gasteiger charge is 2.32. The van der Waals surface area contributed by atoms with Crippen molar-refractivity contribution >= 4 is 27.7 Å². The summed E-state index contributed by atoms with van der Waals surface area (Å²) in [6.07, 6.45) is -3.48. The van der Waals surface area contributed by atoms with Gasteiger partial charge in [0.05, 0.1) is 0 Å². The Morgan fingerprint density at radius 2 is 1.95 bits per heavy atom. The predicted octanol–water partition coefficient (Wildman–Crippen LogP) is 4.69. The quantitative estimate of drug-likeness (QED) is 0.447.